The van der Waals surface area contributed by atoms with Gasteiger partial charge in [-0.3, -0.25) is 9.59 Å². The van der Waals surface area contributed by atoms with Crippen LogP contribution < -0.4 is 0 Å². The molecule has 280 valence electrons. The normalized spacial score (nSPS) is 12.5. The lowest BCUT2D eigenvalue weighted by Crippen LogP contribution is -2.25. The fraction of sp³-hybridized carbons (Fsp3) is 0.814. The Morgan fingerprint density at radius 2 is 0.729 bits per heavy atom. The van der Waals surface area contributed by atoms with Crippen molar-refractivity contribution in [2.24, 2.45) is 0 Å². The molecule has 1 N–H and O–H groups in total. The van der Waals surface area contributed by atoms with E-state index in [4.69, 9.17) is 9.47 Å². The highest BCUT2D eigenvalue weighted by Gasteiger charge is 2.12. The molecular weight excluding hydrogens is 596 g/mol. The van der Waals surface area contributed by atoms with E-state index in [1.807, 2.05) is 0 Å². The standard InChI is InChI=1S/C43H78O5/c1-3-5-7-9-11-13-15-17-19-21-23-25-27-29-31-33-35-37-42(45)47-39-41(44)40-48-43(46)38-36-34-32-30-28-26-24-22-20-18-16-14-12-10-8-6-4-2/h11,13,17,19,23,25,41,44H,3-10,12,14-16,18,20-22,24,26-40H2,1-2H3/b13-11-,19-17-,25-23-/t41-/m0/s1. The van der Waals surface area contributed by atoms with Gasteiger partial charge in [-0.1, -0.05) is 179 Å². The highest BCUT2D eigenvalue weighted by Crippen LogP contribution is 2.15. The summed E-state index contributed by atoms with van der Waals surface area (Å²) < 4.78 is 10.3. The Kier molecular flexibility index (Phi) is 38.0. The van der Waals surface area contributed by atoms with Crippen LogP contribution in [0.5, 0.6) is 0 Å². The molecule has 0 saturated heterocycles. The van der Waals surface area contributed by atoms with Crippen LogP contribution in [0.1, 0.15) is 206 Å². The van der Waals surface area contributed by atoms with Gasteiger partial charge in [0, 0.05) is 12.8 Å². The van der Waals surface area contributed by atoms with E-state index >= 15 is 0 Å². The van der Waals surface area contributed by atoms with Crippen LogP contribution in [0.2, 0.25) is 0 Å². The molecule has 0 unspecified atom stereocenters. The second-order valence-corrected chi connectivity index (χ2v) is 13.8. The molecule has 0 bridgehead atoms. The molecule has 0 amide bonds. The average Bonchev–Trinajstić information content (AvgIpc) is 3.09. The maximum absolute atomic E-state index is 12.0. The average molecular weight is 675 g/mol. The highest BCUT2D eigenvalue weighted by molar-refractivity contribution is 5.69. The first-order chi connectivity index (χ1) is 23.6. The molecular formula is C43H78O5. The summed E-state index contributed by atoms with van der Waals surface area (Å²) in [4.78, 5) is 23.9. The predicted molar refractivity (Wildman–Crippen MR) is 205 cm³/mol. The molecule has 0 aliphatic heterocycles. The zero-order chi connectivity index (χ0) is 35.0. The molecule has 0 aliphatic carbocycles. The molecule has 48 heavy (non-hydrogen) atoms. The topological polar surface area (TPSA) is 72.8 Å². The van der Waals surface area contributed by atoms with E-state index in [9.17, 15) is 14.7 Å². The van der Waals surface area contributed by atoms with Crippen LogP contribution in [0.25, 0.3) is 0 Å². The molecule has 5 nitrogen and oxygen atoms in total. The zero-order valence-corrected chi connectivity index (χ0v) is 31.7. The third-order valence-electron chi connectivity index (χ3n) is 8.88. The van der Waals surface area contributed by atoms with E-state index in [1.165, 1.54) is 116 Å². The van der Waals surface area contributed by atoms with Crippen LogP contribution in [-0.2, 0) is 19.1 Å². The van der Waals surface area contributed by atoms with Crippen LogP contribution in [0.4, 0.5) is 0 Å². The molecule has 0 heterocycles. The molecule has 0 aromatic heterocycles. The second kappa shape index (κ2) is 39.6. The van der Waals surface area contributed by atoms with Crippen molar-refractivity contribution in [3.63, 3.8) is 0 Å². The van der Waals surface area contributed by atoms with Crippen molar-refractivity contribution in [1.82, 2.24) is 0 Å². The summed E-state index contributed by atoms with van der Waals surface area (Å²) in [7, 11) is 0. The summed E-state index contributed by atoms with van der Waals surface area (Å²) in [5.41, 5.74) is 0. The van der Waals surface area contributed by atoms with Crippen LogP contribution in [0.3, 0.4) is 0 Å². The van der Waals surface area contributed by atoms with Gasteiger partial charge < -0.3 is 14.6 Å². The molecule has 0 aromatic carbocycles. The van der Waals surface area contributed by atoms with Gasteiger partial charge in [-0.25, -0.2) is 0 Å². The zero-order valence-electron chi connectivity index (χ0n) is 31.7. The van der Waals surface area contributed by atoms with Crippen molar-refractivity contribution in [3.8, 4) is 0 Å². The van der Waals surface area contributed by atoms with Gasteiger partial charge in [0.2, 0.25) is 0 Å². The summed E-state index contributed by atoms with van der Waals surface area (Å²) in [6, 6.07) is 0. The lowest BCUT2D eigenvalue weighted by atomic mass is 10.0. The third kappa shape index (κ3) is 38.6. The Bertz CT molecular complexity index is 771. The second-order valence-electron chi connectivity index (χ2n) is 13.8. The van der Waals surface area contributed by atoms with Gasteiger partial charge in [-0.2, -0.15) is 0 Å². The van der Waals surface area contributed by atoms with Gasteiger partial charge in [-0.05, 0) is 51.4 Å². The number of ether oxygens (including phenoxy) is 2. The van der Waals surface area contributed by atoms with Crippen molar-refractivity contribution < 1.29 is 24.2 Å². The predicted octanol–water partition coefficient (Wildman–Crippen LogP) is 12.8. The molecule has 0 radical (unpaired) electrons. The number of hydrogen-bond donors (Lipinski definition) is 1. The number of allylic oxidation sites excluding steroid dienone is 6. The Hall–Kier alpha value is -1.88. The summed E-state index contributed by atoms with van der Waals surface area (Å²) in [6.07, 6.45) is 47.7. The minimum atomic E-state index is -0.970. The van der Waals surface area contributed by atoms with E-state index in [0.717, 1.165) is 64.2 Å². The van der Waals surface area contributed by atoms with Gasteiger partial charge in [0.05, 0.1) is 0 Å². The molecule has 0 saturated carbocycles. The highest BCUT2D eigenvalue weighted by atomic mass is 16.6. The molecule has 0 aromatic rings. The van der Waals surface area contributed by atoms with Crippen molar-refractivity contribution >= 4 is 11.9 Å². The van der Waals surface area contributed by atoms with Crippen molar-refractivity contribution in [1.29, 1.82) is 0 Å². The maximum Gasteiger partial charge on any atom is 0.305 e. The number of unbranched alkanes of at least 4 members (excludes halogenated alkanes) is 23. The fourth-order valence-corrected chi connectivity index (χ4v) is 5.74. The van der Waals surface area contributed by atoms with Gasteiger partial charge in [0.25, 0.3) is 0 Å². The van der Waals surface area contributed by atoms with Gasteiger partial charge >= 0.3 is 11.9 Å². The molecule has 1 atom stereocenters. The first-order valence-electron chi connectivity index (χ1n) is 20.5. The van der Waals surface area contributed by atoms with E-state index in [-0.39, 0.29) is 25.2 Å². The monoisotopic (exact) mass is 675 g/mol. The number of aliphatic hydroxyl groups excluding tert-OH is 1. The van der Waals surface area contributed by atoms with Gasteiger partial charge in [0.1, 0.15) is 19.3 Å². The minimum absolute atomic E-state index is 0.120. The summed E-state index contributed by atoms with van der Waals surface area (Å²) in [5, 5.41) is 10.0. The fourth-order valence-electron chi connectivity index (χ4n) is 5.74. The maximum atomic E-state index is 12.0. The summed E-state index contributed by atoms with van der Waals surface area (Å²) in [5.74, 6) is -0.583. The van der Waals surface area contributed by atoms with Crippen LogP contribution in [0.15, 0.2) is 36.5 Å². The number of aliphatic hydroxyl groups is 1. The quantitative estimate of drug-likeness (QED) is 0.0403. The van der Waals surface area contributed by atoms with Gasteiger partial charge in [-0.15, -0.1) is 0 Å². The number of carbonyl (C=O) groups is 2. The SMILES string of the molecule is CCCCC/C=C\C/C=C\C/C=C\CCCCCCC(=O)OC[C@H](O)COC(=O)CCCCCCCCCCCCCCCCCCC. The van der Waals surface area contributed by atoms with E-state index < -0.39 is 6.10 Å². The number of carbonyl (C=O) groups excluding carboxylic acids is 2. The van der Waals surface area contributed by atoms with Crippen molar-refractivity contribution in [2.75, 3.05) is 13.2 Å². The molecule has 0 aliphatic rings. The Morgan fingerprint density at radius 3 is 1.12 bits per heavy atom. The molecule has 0 spiro atoms. The summed E-state index contributed by atoms with van der Waals surface area (Å²) >= 11 is 0. The molecule has 0 rings (SSSR count). The Labute approximate surface area is 297 Å². The number of rotatable bonds is 37. The van der Waals surface area contributed by atoms with Crippen LogP contribution in [0, 0.1) is 0 Å². The molecule has 0 fully saturated rings. The molecule has 5 heteroatoms. The summed E-state index contributed by atoms with van der Waals surface area (Å²) in [6.45, 7) is 4.27. The lowest BCUT2D eigenvalue weighted by Gasteiger charge is -2.12. The van der Waals surface area contributed by atoms with E-state index in [2.05, 4.69) is 50.3 Å². The Morgan fingerprint density at radius 1 is 0.438 bits per heavy atom. The first-order valence-corrected chi connectivity index (χ1v) is 20.5. The smallest absolute Gasteiger partial charge is 0.305 e. The first kappa shape index (κ1) is 46.1. The largest absolute Gasteiger partial charge is 0.463 e. The lowest BCUT2D eigenvalue weighted by molar-refractivity contribution is -0.152. The van der Waals surface area contributed by atoms with Crippen molar-refractivity contribution in [3.05, 3.63) is 36.5 Å². The van der Waals surface area contributed by atoms with E-state index in [0.29, 0.717) is 12.8 Å². The Balaban J connectivity index is 3.45. The van der Waals surface area contributed by atoms with Crippen LogP contribution >= 0.6 is 0 Å². The van der Waals surface area contributed by atoms with Gasteiger partial charge in [0.15, 0.2) is 0 Å². The minimum Gasteiger partial charge on any atom is -0.463 e. The van der Waals surface area contributed by atoms with E-state index in [1.54, 1.807) is 0 Å². The van der Waals surface area contributed by atoms with Crippen LogP contribution in [-0.4, -0.2) is 36.4 Å². The third-order valence-corrected chi connectivity index (χ3v) is 8.88. The number of hydrogen-bond acceptors (Lipinski definition) is 5. The van der Waals surface area contributed by atoms with Crippen molar-refractivity contribution in [2.45, 2.75) is 213 Å². The number of esters is 2.